The Balaban J connectivity index is 1.28. The lowest BCUT2D eigenvalue weighted by Gasteiger charge is -2.46. The first-order valence-electron chi connectivity index (χ1n) is 12.5. The molecule has 0 bridgehead atoms. The number of halogens is 2. The molecule has 5 rings (SSSR count). The molecule has 10 heteroatoms. The van der Waals surface area contributed by atoms with Gasteiger partial charge >= 0.3 is 0 Å². The summed E-state index contributed by atoms with van der Waals surface area (Å²) in [6.45, 7) is 1.68. The number of nitrogens with zero attached hydrogens (tertiary/aromatic N) is 4. The Hall–Kier alpha value is -3.17. The maximum absolute atomic E-state index is 14.5. The highest BCUT2D eigenvalue weighted by Crippen LogP contribution is 2.38. The Morgan fingerprint density at radius 2 is 1.89 bits per heavy atom. The summed E-state index contributed by atoms with van der Waals surface area (Å²) in [5.41, 5.74) is 0.872. The number of fused-ring (bicyclic) bond motifs is 1. The highest BCUT2D eigenvalue weighted by atomic mass is 35.5. The van der Waals surface area contributed by atoms with Gasteiger partial charge in [0.1, 0.15) is 12.1 Å². The summed E-state index contributed by atoms with van der Waals surface area (Å²) in [5, 5.41) is 3.75. The van der Waals surface area contributed by atoms with E-state index in [1.807, 2.05) is 20.2 Å². The Morgan fingerprint density at radius 1 is 1.14 bits per heavy atom. The number of nitrogens with one attached hydrogen (secondary N) is 1. The van der Waals surface area contributed by atoms with Crippen molar-refractivity contribution in [2.45, 2.75) is 37.8 Å². The van der Waals surface area contributed by atoms with Crippen molar-refractivity contribution >= 4 is 39.9 Å². The standard InChI is InChI=1S/C27H31ClFN5O3/c1-33(2)27(35)16-13-34(14-16)17-7-9-18(10-8-17)37-24-11-19-22(12-23(24)36-3)30-15-31-26(19)32-21-6-4-5-20(28)25(21)29/h4-6,11-12,15-18H,7-10,13-14H2,1-3H3,(H,30,31,32). The molecule has 1 saturated heterocycles. The van der Waals surface area contributed by atoms with Gasteiger partial charge in [-0.25, -0.2) is 14.4 Å². The Kier molecular flexibility index (Phi) is 7.35. The molecule has 1 aromatic heterocycles. The van der Waals surface area contributed by atoms with Crippen LogP contribution in [0.15, 0.2) is 36.7 Å². The molecule has 1 N–H and O–H groups in total. The maximum atomic E-state index is 14.5. The van der Waals surface area contributed by atoms with E-state index in [0.29, 0.717) is 34.3 Å². The van der Waals surface area contributed by atoms with Crippen LogP contribution in [-0.2, 0) is 4.79 Å². The van der Waals surface area contributed by atoms with E-state index in [4.69, 9.17) is 21.1 Å². The average molecular weight is 528 g/mol. The highest BCUT2D eigenvalue weighted by molar-refractivity contribution is 6.31. The molecule has 0 atom stereocenters. The van der Waals surface area contributed by atoms with Crippen molar-refractivity contribution in [3.8, 4) is 11.5 Å². The molecule has 37 heavy (non-hydrogen) atoms. The first-order valence-corrected chi connectivity index (χ1v) is 12.9. The minimum Gasteiger partial charge on any atom is -0.493 e. The molecule has 2 fully saturated rings. The molecule has 2 aromatic carbocycles. The molecule has 1 aliphatic heterocycles. The zero-order valence-electron chi connectivity index (χ0n) is 21.2. The van der Waals surface area contributed by atoms with Crippen LogP contribution in [0.2, 0.25) is 5.02 Å². The topological polar surface area (TPSA) is 79.8 Å². The molecule has 1 aliphatic carbocycles. The number of anilines is 2. The van der Waals surface area contributed by atoms with E-state index in [9.17, 15) is 9.18 Å². The second-order valence-electron chi connectivity index (χ2n) is 9.90. The van der Waals surface area contributed by atoms with Gasteiger partial charge in [0.15, 0.2) is 17.3 Å². The summed E-state index contributed by atoms with van der Waals surface area (Å²) in [5.74, 6) is 1.42. The van der Waals surface area contributed by atoms with Gasteiger partial charge < -0.3 is 19.7 Å². The molecule has 2 heterocycles. The SMILES string of the molecule is COc1cc2ncnc(Nc3cccc(Cl)c3F)c2cc1OC1CCC(N2CC(C(=O)N(C)C)C2)CC1. The molecule has 1 amide bonds. The summed E-state index contributed by atoms with van der Waals surface area (Å²) in [4.78, 5) is 24.9. The van der Waals surface area contributed by atoms with Crippen LogP contribution in [-0.4, -0.2) is 72.1 Å². The normalized spacial score (nSPS) is 20.4. The Labute approximate surface area is 220 Å². The van der Waals surface area contributed by atoms with Crippen LogP contribution in [0.1, 0.15) is 25.7 Å². The lowest BCUT2D eigenvalue weighted by molar-refractivity contribution is -0.140. The fourth-order valence-corrected chi connectivity index (χ4v) is 5.36. The van der Waals surface area contributed by atoms with Gasteiger partial charge in [0.2, 0.25) is 5.91 Å². The number of benzene rings is 2. The van der Waals surface area contributed by atoms with Crippen molar-refractivity contribution in [2.75, 3.05) is 39.6 Å². The molecular formula is C27H31ClFN5O3. The lowest BCUT2D eigenvalue weighted by atomic mass is 9.87. The number of hydrogen-bond acceptors (Lipinski definition) is 7. The summed E-state index contributed by atoms with van der Waals surface area (Å²) < 4.78 is 26.5. The van der Waals surface area contributed by atoms with Crippen LogP contribution in [0, 0.1) is 11.7 Å². The molecule has 0 spiro atoms. The third kappa shape index (κ3) is 5.29. The number of likely N-dealkylation sites (tertiary alicyclic amines) is 1. The smallest absolute Gasteiger partial charge is 0.227 e. The van der Waals surface area contributed by atoms with Crippen molar-refractivity contribution in [2.24, 2.45) is 5.92 Å². The molecule has 1 saturated carbocycles. The van der Waals surface area contributed by atoms with Gasteiger partial charge in [-0.3, -0.25) is 9.69 Å². The minimum absolute atomic E-state index is 0.0303. The number of aromatic nitrogens is 2. The van der Waals surface area contributed by atoms with Gasteiger partial charge in [0, 0.05) is 44.7 Å². The van der Waals surface area contributed by atoms with Gasteiger partial charge in [0.25, 0.3) is 0 Å². The largest absolute Gasteiger partial charge is 0.493 e. The van der Waals surface area contributed by atoms with Gasteiger partial charge in [-0.15, -0.1) is 0 Å². The molecule has 196 valence electrons. The first kappa shape index (κ1) is 25.5. The number of ether oxygens (including phenoxy) is 2. The van der Waals surface area contributed by atoms with E-state index >= 15 is 0 Å². The maximum Gasteiger partial charge on any atom is 0.227 e. The van der Waals surface area contributed by atoms with Crippen molar-refractivity contribution in [3.05, 3.63) is 47.5 Å². The molecule has 0 unspecified atom stereocenters. The molecule has 3 aromatic rings. The first-order chi connectivity index (χ1) is 17.8. The zero-order chi connectivity index (χ0) is 26.1. The second kappa shape index (κ2) is 10.7. The van der Waals surface area contributed by atoms with E-state index < -0.39 is 5.82 Å². The number of carbonyl (C=O) groups excluding carboxylic acids is 1. The van der Waals surface area contributed by atoms with E-state index in [0.717, 1.165) is 38.8 Å². The van der Waals surface area contributed by atoms with E-state index in [-0.39, 0.29) is 28.6 Å². The fourth-order valence-electron chi connectivity index (χ4n) is 5.18. The second-order valence-corrected chi connectivity index (χ2v) is 10.3. The van der Waals surface area contributed by atoms with Gasteiger partial charge in [-0.05, 0) is 43.9 Å². The van der Waals surface area contributed by atoms with E-state index in [1.54, 1.807) is 30.2 Å². The monoisotopic (exact) mass is 527 g/mol. The molecule has 2 aliphatic rings. The number of carbonyl (C=O) groups is 1. The zero-order valence-corrected chi connectivity index (χ0v) is 22.0. The number of amides is 1. The van der Waals surface area contributed by atoms with Crippen molar-refractivity contribution in [3.63, 3.8) is 0 Å². The Bertz CT molecular complexity index is 1290. The number of hydrogen-bond donors (Lipinski definition) is 1. The minimum atomic E-state index is -0.544. The molecule has 0 radical (unpaired) electrons. The number of rotatable bonds is 7. The molecular weight excluding hydrogens is 497 g/mol. The third-order valence-electron chi connectivity index (χ3n) is 7.28. The van der Waals surface area contributed by atoms with Crippen LogP contribution in [0.25, 0.3) is 10.9 Å². The average Bonchev–Trinajstić information content (AvgIpc) is 2.86. The predicted molar refractivity (Wildman–Crippen MR) is 141 cm³/mol. The quantitative estimate of drug-likeness (QED) is 0.469. The predicted octanol–water partition coefficient (Wildman–Crippen LogP) is 4.88. The van der Waals surface area contributed by atoms with Crippen molar-refractivity contribution in [1.82, 2.24) is 19.8 Å². The van der Waals surface area contributed by atoms with E-state index in [1.165, 1.54) is 12.4 Å². The van der Waals surface area contributed by atoms with Crippen LogP contribution in [0.5, 0.6) is 11.5 Å². The van der Waals surface area contributed by atoms with E-state index in [2.05, 4.69) is 20.2 Å². The fraction of sp³-hybridized carbons (Fsp3) is 0.444. The summed E-state index contributed by atoms with van der Waals surface area (Å²) in [6.07, 6.45) is 5.34. The van der Waals surface area contributed by atoms with Crippen molar-refractivity contribution in [1.29, 1.82) is 0 Å². The summed E-state index contributed by atoms with van der Waals surface area (Å²) in [6, 6.07) is 8.91. The van der Waals surface area contributed by atoms with Gasteiger partial charge in [-0.2, -0.15) is 0 Å². The highest BCUT2D eigenvalue weighted by Gasteiger charge is 2.39. The third-order valence-corrected chi connectivity index (χ3v) is 7.57. The molecule has 8 nitrogen and oxygen atoms in total. The summed E-state index contributed by atoms with van der Waals surface area (Å²) in [7, 11) is 5.23. The van der Waals surface area contributed by atoms with Crippen LogP contribution < -0.4 is 14.8 Å². The summed E-state index contributed by atoms with van der Waals surface area (Å²) >= 11 is 5.94. The van der Waals surface area contributed by atoms with Crippen LogP contribution in [0.4, 0.5) is 15.9 Å². The van der Waals surface area contributed by atoms with Gasteiger partial charge in [-0.1, -0.05) is 17.7 Å². The van der Waals surface area contributed by atoms with Crippen LogP contribution in [0.3, 0.4) is 0 Å². The van der Waals surface area contributed by atoms with Crippen LogP contribution >= 0.6 is 11.6 Å². The Morgan fingerprint density at radius 3 is 2.59 bits per heavy atom. The van der Waals surface area contributed by atoms with Crippen molar-refractivity contribution < 1.29 is 18.7 Å². The lowest BCUT2D eigenvalue weighted by Crippen LogP contribution is -2.57. The van der Waals surface area contributed by atoms with Gasteiger partial charge in [0.05, 0.1) is 35.4 Å². The number of methoxy groups -OCH3 is 1.